The van der Waals surface area contributed by atoms with E-state index in [-0.39, 0.29) is 11.7 Å². The normalized spacial score (nSPS) is 10.5. The highest BCUT2D eigenvalue weighted by Crippen LogP contribution is 2.22. The maximum Gasteiger partial charge on any atom is 0.328 e. The van der Waals surface area contributed by atoms with Gasteiger partial charge in [-0.2, -0.15) is 0 Å². The lowest BCUT2D eigenvalue weighted by Gasteiger charge is -2.08. The van der Waals surface area contributed by atoms with Crippen LogP contribution in [0.2, 0.25) is 0 Å². The maximum absolute atomic E-state index is 12.1. The summed E-state index contributed by atoms with van der Waals surface area (Å²) in [5, 5.41) is 13.9. The first-order chi connectivity index (χ1) is 12.4. The molecule has 0 spiro atoms. The Morgan fingerprint density at radius 2 is 1.81 bits per heavy atom. The minimum Gasteiger partial charge on any atom is -0.478 e. The molecule has 0 aliphatic heterocycles. The number of nitrogens with one attached hydrogen (secondary N) is 2. The van der Waals surface area contributed by atoms with Gasteiger partial charge >= 0.3 is 5.97 Å². The van der Waals surface area contributed by atoms with E-state index in [4.69, 9.17) is 5.11 Å². The Morgan fingerprint density at radius 3 is 2.54 bits per heavy atom. The molecule has 26 heavy (non-hydrogen) atoms. The van der Waals surface area contributed by atoms with Gasteiger partial charge in [0.1, 0.15) is 0 Å². The van der Waals surface area contributed by atoms with Crippen molar-refractivity contribution in [2.45, 2.75) is 11.8 Å². The van der Waals surface area contributed by atoms with E-state index >= 15 is 0 Å². The smallest absolute Gasteiger partial charge is 0.328 e. The third kappa shape index (κ3) is 6.45. The molecule has 0 aromatic heterocycles. The summed E-state index contributed by atoms with van der Waals surface area (Å²) in [5.74, 6) is -1.62. The minimum absolute atomic E-state index is 0.122. The van der Waals surface area contributed by atoms with Crippen molar-refractivity contribution in [1.82, 2.24) is 0 Å². The second kappa shape index (κ2) is 9.43. The largest absolute Gasteiger partial charge is 0.478 e. The fourth-order valence-corrected chi connectivity index (χ4v) is 2.80. The molecule has 0 saturated heterocycles. The van der Waals surface area contributed by atoms with E-state index in [0.717, 1.165) is 28.3 Å². The topological polar surface area (TPSA) is 95.5 Å². The Labute approximate surface area is 155 Å². The predicted molar refractivity (Wildman–Crippen MR) is 102 cm³/mol. The molecule has 0 aliphatic carbocycles. The molecular weight excluding hydrogens is 352 g/mol. The fourth-order valence-electron chi connectivity index (χ4n) is 2.04. The zero-order valence-corrected chi connectivity index (χ0v) is 14.9. The lowest BCUT2D eigenvalue weighted by molar-refractivity contribution is -0.131. The molecule has 7 heteroatoms. The van der Waals surface area contributed by atoms with Crippen LogP contribution in [0.15, 0.2) is 65.6 Å². The number of benzene rings is 2. The standard InChI is InChI=1S/C19H18N2O4S/c1-13-5-2-3-8-16(13)21-18(23)12-26-15-7-4-6-14(11-15)20-17(22)9-10-19(24)25/h2-11H,12H2,1H3,(H,20,22)(H,21,23)(H,24,25)/b10-9+. The Kier molecular flexibility index (Phi) is 6.99. The minimum atomic E-state index is -1.19. The monoisotopic (exact) mass is 370 g/mol. The Hall–Kier alpha value is -3.06. The van der Waals surface area contributed by atoms with E-state index in [1.165, 1.54) is 11.8 Å². The highest BCUT2D eigenvalue weighted by Gasteiger charge is 2.06. The molecule has 3 N–H and O–H groups in total. The van der Waals surface area contributed by atoms with Gasteiger partial charge in [-0.05, 0) is 36.8 Å². The number of hydrogen-bond donors (Lipinski definition) is 3. The van der Waals surface area contributed by atoms with Crippen LogP contribution in [-0.2, 0) is 14.4 Å². The van der Waals surface area contributed by atoms with Crippen molar-refractivity contribution in [2.75, 3.05) is 16.4 Å². The number of amides is 2. The van der Waals surface area contributed by atoms with Crippen LogP contribution in [0.25, 0.3) is 0 Å². The predicted octanol–water partition coefficient (Wildman–Crippen LogP) is 3.31. The highest BCUT2D eigenvalue weighted by molar-refractivity contribution is 8.00. The number of anilines is 2. The molecule has 2 aromatic carbocycles. The van der Waals surface area contributed by atoms with Crippen molar-refractivity contribution in [2.24, 2.45) is 0 Å². The van der Waals surface area contributed by atoms with E-state index in [1.807, 2.05) is 37.3 Å². The van der Waals surface area contributed by atoms with Crippen LogP contribution in [0.4, 0.5) is 11.4 Å². The fraction of sp³-hybridized carbons (Fsp3) is 0.105. The van der Waals surface area contributed by atoms with Gasteiger partial charge in [0.2, 0.25) is 11.8 Å². The first-order valence-corrected chi connectivity index (χ1v) is 8.73. The molecular formula is C19H18N2O4S. The van der Waals surface area contributed by atoms with Crippen LogP contribution >= 0.6 is 11.8 Å². The Morgan fingerprint density at radius 1 is 1.04 bits per heavy atom. The first kappa shape index (κ1) is 19.3. The SMILES string of the molecule is Cc1ccccc1NC(=O)CSc1cccc(NC(=O)/C=C/C(=O)O)c1. The van der Waals surface area contributed by atoms with Crippen LogP contribution in [0, 0.1) is 6.92 Å². The summed E-state index contributed by atoms with van der Waals surface area (Å²) >= 11 is 1.34. The maximum atomic E-state index is 12.1. The average Bonchev–Trinajstić information content (AvgIpc) is 2.60. The lowest BCUT2D eigenvalue weighted by Crippen LogP contribution is -2.14. The van der Waals surface area contributed by atoms with Crippen LogP contribution in [0.3, 0.4) is 0 Å². The van der Waals surface area contributed by atoms with Crippen molar-refractivity contribution >= 4 is 40.9 Å². The van der Waals surface area contributed by atoms with Crippen LogP contribution in [0.5, 0.6) is 0 Å². The van der Waals surface area contributed by atoms with E-state index in [9.17, 15) is 14.4 Å². The van der Waals surface area contributed by atoms with Gasteiger partial charge in [-0.25, -0.2) is 4.79 Å². The molecule has 2 aromatic rings. The number of carbonyl (C=O) groups is 3. The summed E-state index contributed by atoms with van der Waals surface area (Å²) in [5.41, 5.74) is 2.30. The van der Waals surface area contributed by atoms with Gasteiger partial charge in [-0.3, -0.25) is 9.59 Å². The number of hydrogen-bond acceptors (Lipinski definition) is 4. The second-order valence-corrected chi connectivity index (χ2v) is 6.39. The molecule has 0 fully saturated rings. The van der Waals surface area contributed by atoms with E-state index in [0.29, 0.717) is 5.69 Å². The van der Waals surface area contributed by atoms with Crippen molar-refractivity contribution in [3.05, 3.63) is 66.2 Å². The third-order valence-electron chi connectivity index (χ3n) is 3.27. The number of aryl methyl sites for hydroxylation is 1. The zero-order valence-electron chi connectivity index (χ0n) is 14.1. The summed E-state index contributed by atoms with van der Waals surface area (Å²) in [6.07, 6.45) is 1.71. The Bertz CT molecular complexity index is 849. The number of para-hydroxylation sites is 1. The molecule has 134 valence electrons. The second-order valence-electron chi connectivity index (χ2n) is 5.34. The van der Waals surface area contributed by atoms with Crippen molar-refractivity contribution in [1.29, 1.82) is 0 Å². The molecule has 0 unspecified atom stereocenters. The summed E-state index contributed by atoms with van der Waals surface area (Å²) < 4.78 is 0. The number of thioether (sulfide) groups is 1. The first-order valence-electron chi connectivity index (χ1n) is 7.74. The van der Waals surface area contributed by atoms with Gasteiger partial charge in [0, 0.05) is 28.4 Å². The van der Waals surface area contributed by atoms with Gasteiger partial charge in [0.05, 0.1) is 5.75 Å². The van der Waals surface area contributed by atoms with Gasteiger partial charge in [0.25, 0.3) is 0 Å². The van der Waals surface area contributed by atoms with Crippen molar-refractivity contribution in [3.8, 4) is 0 Å². The summed E-state index contributed by atoms with van der Waals surface area (Å²) in [4.78, 5) is 34.9. The number of rotatable bonds is 7. The molecule has 6 nitrogen and oxygen atoms in total. The quantitative estimate of drug-likeness (QED) is 0.513. The van der Waals surface area contributed by atoms with Gasteiger partial charge < -0.3 is 15.7 Å². The molecule has 0 saturated carbocycles. The van der Waals surface area contributed by atoms with Gasteiger partial charge in [-0.15, -0.1) is 11.8 Å². The van der Waals surface area contributed by atoms with Crippen LogP contribution in [0.1, 0.15) is 5.56 Å². The molecule has 0 atom stereocenters. The highest BCUT2D eigenvalue weighted by atomic mass is 32.2. The average molecular weight is 370 g/mol. The van der Waals surface area contributed by atoms with Crippen LogP contribution < -0.4 is 10.6 Å². The number of carboxylic acid groups (broad SMARTS) is 1. The molecule has 0 aliphatic rings. The van der Waals surface area contributed by atoms with Crippen LogP contribution in [-0.4, -0.2) is 28.6 Å². The van der Waals surface area contributed by atoms with Crippen molar-refractivity contribution < 1.29 is 19.5 Å². The molecule has 0 heterocycles. The Balaban J connectivity index is 1.90. The molecule has 2 amide bonds. The summed E-state index contributed by atoms with van der Waals surface area (Å²) in [6.45, 7) is 1.92. The van der Waals surface area contributed by atoms with E-state index in [1.54, 1.807) is 18.2 Å². The molecule has 0 radical (unpaired) electrons. The van der Waals surface area contributed by atoms with Crippen molar-refractivity contribution in [3.63, 3.8) is 0 Å². The number of carboxylic acids is 1. The van der Waals surface area contributed by atoms with Gasteiger partial charge in [0.15, 0.2) is 0 Å². The molecule has 2 rings (SSSR count). The zero-order chi connectivity index (χ0) is 18.9. The van der Waals surface area contributed by atoms with E-state index < -0.39 is 11.9 Å². The summed E-state index contributed by atoms with van der Waals surface area (Å²) in [6, 6.07) is 14.5. The lowest BCUT2D eigenvalue weighted by atomic mass is 10.2. The number of aliphatic carboxylic acids is 1. The number of carbonyl (C=O) groups excluding carboxylic acids is 2. The molecule has 0 bridgehead atoms. The third-order valence-corrected chi connectivity index (χ3v) is 4.26. The summed E-state index contributed by atoms with van der Waals surface area (Å²) in [7, 11) is 0. The van der Waals surface area contributed by atoms with E-state index in [2.05, 4.69) is 10.6 Å². The van der Waals surface area contributed by atoms with Gasteiger partial charge in [-0.1, -0.05) is 24.3 Å².